The van der Waals surface area contributed by atoms with Crippen LogP contribution in [0, 0.1) is 5.92 Å². The monoisotopic (exact) mass is 269 g/mol. The van der Waals surface area contributed by atoms with E-state index in [1.165, 1.54) is 19.3 Å². The lowest BCUT2D eigenvalue weighted by molar-refractivity contribution is -0.123. The highest BCUT2D eigenvalue weighted by molar-refractivity contribution is 5.78. The fourth-order valence-corrected chi connectivity index (χ4v) is 2.65. The van der Waals surface area contributed by atoms with Crippen molar-refractivity contribution in [2.24, 2.45) is 5.92 Å². The fraction of sp³-hybridized carbons (Fsp3) is 0.933. The van der Waals surface area contributed by atoms with Crippen LogP contribution in [0.3, 0.4) is 0 Å². The summed E-state index contributed by atoms with van der Waals surface area (Å²) in [6.07, 6.45) is 5.99. The first-order valence-electron chi connectivity index (χ1n) is 7.78. The van der Waals surface area contributed by atoms with E-state index in [9.17, 15) is 4.79 Å². The van der Waals surface area contributed by atoms with Gasteiger partial charge in [-0.3, -0.25) is 9.69 Å². The van der Waals surface area contributed by atoms with Crippen molar-refractivity contribution in [1.82, 2.24) is 15.5 Å². The Bertz CT molecular complexity index is 256. The summed E-state index contributed by atoms with van der Waals surface area (Å²) in [5.74, 6) is 0.843. The zero-order chi connectivity index (χ0) is 14.1. The molecule has 1 aliphatic rings. The van der Waals surface area contributed by atoms with Gasteiger partial charge in [0.25, 0.3) is 0 Å². The van der Waals surface area contributed by atoms with Crippen molar-refractivity contribution in [3.05, 3.63) is 0 Å². The highest BCUT2D eigenvalue weighted by atomic mass is 16.2. The van der Waals surface area contributed by atoms with Crippen molar-refractivity contribution in [3.8, 4) is 0 Å². The van der Waals surface area contributed by atoms with Crippen molar-refractivity contribution in [3.63, 3.8) is 0 Å². The predicted octanol–water partition coefficient (Wildman–Crippen LogP) is 1.61. The number of nitrogens with zero attached hydrogens (tertiary/aromatic N) is 1. The normalized spacial score (nSPS) is 20.7. The molecule has 0 aromatic rings. The van der Waals surface area contributed by atoms with Crippen molar-refractivity contribution < 1.29 is 4.79 Å². The maximum absolute atomic E-state index is 11.9. The number of amides is 1. The smallest absolute Gasteiger partial charge is 0.234 e. The number of carbonyl (C=O) groups excluding carboxylic acids is 1. The van der Waals surface area contributed by atoms with Crippen LogP contribution in [0.15, 0.2) is 0 Å². The van der Waals surface area contributed by atoms with Crippen LogP contribution in [0.5, 0.6) is 0 Å². The molecule has 0 spiro atoms. The summed E-state index contributed by atoms with van der Waals surface area (Å²) in [6.45, 7) is 7.87. The Morgan fingerprint density at radius 3 is 2.79 bits per heavy atom. The molecule has 1 aliphatic heterocycles. The summed E-state index contributed by atoms with van der Waals surface area (Å²) in [5.41, 5.74) is 0. The number of rotatable bonds is 8. The Hall–Kier alpha value is -0.610. The van der Waals surface area contributed by atoms with Crippen LogP contribution >= 0.6 is 0 Å². The third kappa shape index (κ3) is 6.92. The zero-order valence-corrected chi connectivity index (χ0v) is 12.9. The average molecular weight is 269 g/mol. The second-order valence-corrected chi connectivity index (χ2v) is 6.04. The van der Waals surface area contributed by atoms with E-state index in [2.05, 4.69) is 29.4 Å². The van der Waals surface area contributed by atoms with E-state index in [-0.39, 0.29) is 5.91 Å². The van der Waals surface area contributed by atoms with Crippen molar-refractivity contribution in [2.75, 3.05) is 33.2 Å². The number of hydrogen-bond acceptors (Lipinski definition) is 3. The van der Waals surface area contributed by atoms with E-state index in [0.29, 0.717) is 18.5 Å². The Labute approximate surface area is 118 Å². The van der Waals surface area contributed by atoms with Crippen LogP contribution in [0.4, 0.5) is 0 Å². The highest BCUT2D eigenvalue weighted by Crippen LogP contribution is 2.18. The zero-order valence-electron chi connectivity index (χ0n) is 12.9. The number of nitrogens with one attached hydrogen (secondary N) is 2. The van der Waals surface area contributed by atoms with Crippen LogP contribution in [-0.4, -0.2) is 50.1 Å². The molecule has 2 N–H and O–H groups in total. The summed E-state index contributed by atoms with van der Waals surface area (Å²) in [7, 11) is 1.99. The second kappa shape index (κ2) is 9.32. The van der Waals surface area contributed by atoms with Gasteiger partial charge >= 0.3 is 0 Å². The molecule has 0 aromatic carbocycles. The Kier molecular flexibility index (Phi) is 8.07. The molecule has 0 aromatic heterocycles. The summed E-state index contributed by atoms with van der Waals surface area (Å²) >= 11 is 0. The molecule has 0 saturated carbocycles. The van der Waals surface area contributed by atoms with Crippen LogP contribution in [0.2, 0.25) is 0 Å². The Morgan fingerprint density at radius 1 is 1.32 bits per heavy atom. The predicted molar refractivity (Wildman–Crippen MR) is 80.2 cm³/mol. The Morgan fingerprint density at radius 2 is 2.11 bits per heavy atom. The van der Waals surface area contributed by atoms with Gasteiger partial charge in [0.2, 0.25) is 5.91 Å². The number of hydrogen-bond donors (Lipinski definition) is 2. The minimum Gasteiger partial charge on any atom is -0.355 e. The molecule has 1 fully saturated rings. The minimum atomic E-state index is 0.192. The first-order valence-corrected chi connectivity index (χ1v) is 7.78. The SMILES string of the molecule is CNCCC1CCCCN1CC(=O)NCCC(C)C. The number of likely N-dealkylation sites (tertiary alicyclic amines) is 1. The minimum absolute atomic E-state index is 0.192. The van der Waals surface area contributed by atoms with E-state index in [4.69, 9.17) is 0 Å². The average Bonchev–Trinajstić information content (AvgIpc) is 2.37. The molecule has 1 rings (SSSR count). The number of piperidine rings is 1. The lowest BCUT2D eigenvalue weighted by Gasteiger charge is -2.35. The van der Waals surface area contributed by atoms with E-state index < -0.39 is 0 Å². The van der Waals surface area contributed by atoms with E-state index >= 15 is 0 Å². The van der Waals surface area contributed by atoms with E-state index in [1.54, 1.807) is 0 Å². The molecule has 1 amide bonds. The topological polar surface area (TPSA) is 44.4 Å². The number of carbonyl (C=O) groups is 1. The van der Waals surface area contributed by atoms with Gasteiger partial charge in [-0.2, -0.15) is 0 Å². The quantitative estimate of drug-likeness (QED) is 0.704. The van der Waals surface area contributed by atoms with E-state index in [1.807, 2.05) is 7.05 Å². The summed E-state index contributed by atoms with van der Waals surface area (Å²) < 4.78 is 0. The lowest BCUT2D eigenvalue weighted by Crippen LogP contribution is -2.46. The molecular formula is C15H31N3O. The molecule has 4 nitrogen and oxygen atoms in total. The molecule has 0 bridgehead atoms. The molecular weight excluding hydrogens is 238 g/mol. The highest BCUT2D eigenvalue weighted by Gasteiger charge is 2.23. The van der Waals surface area contributed by atoms with Gasteiger partial charge in [-0.15, -0.1) is 0 Å². The summed E-state index contributed by atoms with van der Waals surface area (Å²) in [4.78, 5) is 14.3. The van der Waals surface area contributed by atoms with Crippen molar-refractivity contribution in [1.29, 1.82) is 0 Å². The van der Waals surface area contributed by atoms with Crippen molar-refractivity contribution >= 4 is 5.91 Å². The second-order valence-electron chi connectivity index (χ2n) is 6.04. The molecule has 1 unspecified atom stereocenters. The largest absolute Gasteiger partial charge is 0.355 e. The third-order valence-electron chi connectivity index (χ3n) is 3.87. The maximum atomic E-state index is 11.9. The molecule has 1 atom stereocenters. The lowest BCUT2D eigenvalue weighted by atomic mass is 9.99. The van der Waals surface area contributed by atoms with Crippen molar-refractivity contribution in [2.45, 2.75) is 52.0 Å². The van der Waals surface area contributed by atoms with Gasteiger partial charge in [-0.1, -0.05) is 20.3 Å². The molecule has 112 valence electrons. The van der Waals surface area contributed by atoms with Gasteiger partial charge in [-0.25, -0.2) is 0 Å². The van der Waals surface area contributed by atoms with Crippen LogP contribution < -0.4 is 10.6 Å². The van der Waals surface area contributed by atoms with Gasteiger partial charge in [0.1, 0.15) is 0 Å². The standard InChI is InChI=1S/C15H31N3O/c1-13(2)7-10-17-15(19)12-18-11-5-4-6-14(18)8-9-16-3/h13-14,16H,4-12H2,1-3H3,(H,17,19). The first-order chi connectivity index (χ1) is 9.13. The maximum Gasteiger partial charge on any atom is 0.234 e. The van der Waals surface area contributed by atoms with Gasteiger partial charge < -0.3 is 10.6 Å². The van der Waals surface area contributed by atoms with Crippen LogP contribution in [-0.2, 0) is 4.79 Å². The molecule has 1 saturated heterocycles. The third-order valence-corrected chi connectivity index (χ3v) is 3.87. The van der Waals surface area contributed by atoms with Gasteiger partial charge in [0.05, 0.1) is 6.54 Å². The Balaban J connectivity index is 2.28. The van der Waals surface area contributed by atoms with E-state index in [0.717, 1.165) is 32.5 Å². The first kappa shape index (κ1) is 16.4. The molecule has 1 heterocycles. The van der Waals surface area contributed by atoms with Gasteiger partial charge in [0, 0.05) is 12.6 Å². The summed E-state index contributed by atoms with van der Waals surface area (Å²) in [5, 5.41) is 6.25. The molecule has 19 heavy (non-hydrogen) atoms. The van der Waals surface area contributed by atoms with Crippen LogP contribution in [0.25, 0.3) is 0 Å². The molecule has 4 heteroatoms. The summed E-state index contributed by atoms with van der Waals surface area (Å²) in [6, 6.07) is 0.581. The fourth-order valence-electron chi connectivity index (χ4n) is 2.65. The molecule has 0 radical (unpaired) electrons. The van der Waals surface area contributed by atoms with Gasteiger partial charge in [-0.05, 0) is 51.7 Å². The van der Waals surface area contributed by atoms with Gasteiger partial charge in [0.15, 0.2) is 0 Å². The molecule has 0 aliphatic carbocycles. The van der Waals surface area contributed by atoms with Crippen LogP contribution in [0.1, 0.15) is 46.0 Å².